The van der Waals surface area contributed by atoms with Gasteiger partial charge in [0, 0.05) is 27.8 Å². The van der Waals surface area contributed by atoms with Crippen LogP contribution in [0, 0.1) is 12.7 Å². The molecular formula is C33H29FN4O3S. The van der Waals surface area contributed by atoms with E-state index in [1.54, 1.807) is 48.5 Å². The second-order valence-electron chi connectivity index (χ2n) is 9.32. The van der Waals surface area contributed by atoms with Gasteiger partial charge < -0.3 is 14.8 Å². The molecule has 0 saturated carbocycles. The van der Waals surface area contributed by atoms with Crippen molar-refractivity contribution in [2.75, 3.05) is 11.9 Å². The first kappa shape index (κ1) is 28.5. The predicted molar refractivity (Wildman–Crippen MR) is 165 cm³/mol. The molecule has 0 aliphatic heterocycles. The predicted octanol–water partition coefficient (Wildman–Crippen LogP) is 7.74. The summed E-state index contributed by atoms with van der Waals surface area (Å²) in [5.41, 5.74) is 8.08. The molecular weight excluding hydrogens is 551 g/mol. The molecule has 1 heterocycles. The molecule has 7 nitrogen and oxygen atoms in total. The van der Waals surface area contributed by atoms with E-state index in [2.05, 4.69) is 20.8 Å². The van der Waals surface area contributed by atoms with Gasteiger partial charge in [0.2, 0.25) is 0 Å². The largest absolute Gasteiger partial charge is 0.490 e. The molecule has 2 N–H and O–H groups in total. The number of anilines is 2. The summed E-state index contributed by atoms with van der Waals surface area (Å²) in [6, 6.07) is 27.0. The second kappa shape index (κ2) is 13.6. The summed E-state index contributed by atoms with van der Waals surface area (Å²) in [7, 11) is 0. The van der Waals surface area contributed by atoms with Crippen LogP contribution in [-0.2, 0) is 6.61 Å². The fourth-order valence-corrected chi connectivity index (χ4v) is 4.75. The van der Waals surface area contributed by atoms with Crippen molar-refractivity contribution in [2.45, 2.75) is 20.5 Å². The van der Waals surface area contributed by atoms with Gasteiger partial charge in [-0.15, -0.1) is 11.3 Å². The number of nitrogens with zero attached hydrogens (tertiary/aromatic N) is 2. The molecule has 212 valence electrons. The Hall–Kier alpha value is -5.02. The van der Waals surface area contributed by atoms with Crippen LogP contribution in [0.3, 0.4) is 0 Å². The highest BCUT2D eigenvalue weighted by molar-refractivity contribution is 7.14. The summed E-state index contributed by atoms with van der Waals surface area (Å²) in [5.74, 6) is 0.319. The number of amides is 1. The van der Waals surface area contributed by atoms with Gasteiger partial charge in [-0.1, -0.05) is 48.0 Å². The Labute approximate surface area is 247 Å². The molecule has 9 heteroatoms. The molecule has 0 spiro atoms. The number of rotatable bonds is 11. The summed E-state index contributed by atoms with van der Waals surface area (Å²) in [5, 5.41) is 10.2. The lowest BCUT2D eigenvalue weighted by Crippen LogP contribution is -2.17. The molecule has 1 aromatic heterocycles. The lowest BCUT2D eigenvalue weighted by molar-refractivity contribution is 0.0955. The van der Waals surface area contributed by atoms with Crippen LogP contribution in [0.2, 0.25) is 0 Å². The fourth-order valence-electron chi connectivity index (χ4n) is 4.01. The number of halogens is 1. The van der Waals surface area contributed by atoms with E-state index in [1.165, 1.54) is 29.2 Å². The highest BCUT2D eigenvalue weighted by Crippen LogP contribution is 2.30. The van der Waals surface area contributed by atoms with Crippen molar-refractivity contribution in [2.24, 2.45) is 5.10 Å². The highest BCUT2D eigenvalue weighted by atomic mass is 32.1. The first-order valence-corrected chi connectivity index (χ1v) is 14.2. The Bertz CT molecular complexity index is 1680. The minimum absolute atomic E-state index is 0.0724. The van der Waals surface area contributed by atoms with Gasteiger partial charge in [0.1, 0.15) is 12.4 Å². The Morgan fingerprint density at radius 2 is 1.76 bits per heavy atom. The van der Waals surface area contributed by atoms with E-state index < -0.39 is 0 Å². The summed E-state index contributed by atoms with van der Waals surface area (Å²) in [4.78, 5) is 17.3. The van der Waals surface area contributed by atoms with Crippen LogP contribution in [0.1, 0.15) is 34.0 Å². The number of carbonyl (C=O) groups excluding carboxylic acids is 1. The van der Waals surface area contributed by atoms with Crippen LogP contribution in [0.25, 0.3) is 11.3 Å². The van der Waals surface area contributed by atoms with Gasteiger partial charge in [-0.3, -0.25) is 4.79 Å². The molecule has 4 aromatic carbocycles. The summed E-state index contributed by atoms with van der Waals surface area (Å²) >= 11 is 1.52. The zero-order valence-corrected chi connectivity index (χ0v) is 24.0. The van der Waals surface area contributed by atoms with Gasteiger partial charge in [-0.25, -0.2) is 14.8 Å². The number of hydrazone groups is 1. The van der Waals surface area contributed by atoms with Crippen molar-refractivity contribution in [1.82, 2.24) is 10.4 Å². The fraction of sp³-hybridized carbons (Fsp3) is 0.121. The Morgan fingerprint density at radius 3 is 2.52 bits per heavy atom. The third kappa shape index (κ3) is 7.38. The topological polar surface area (TPSA) is 84.8 Å². The van der Waals surface area contributed by atoms with E-state index in [1.807, 2.05) is 55.6 Å². The molecule has 5 aromatic rings. The second-order valence-corrected chi connectivity index (χ2v) is 10.2. The quantitative estimate of drug-likeness (QED) is 0.123. The number of ether oxygens (including phenoxy) is 2. The van der Waals surface area contributed by atoms with Gasteiger partial charge in [0.15, 0.2) is 16.6 Å². The van der Waals surface area contributed by atoms with Crippen LogP contribution >= 0.6 is 11.3 Å². The van der Waals surface area contributed by atoms with E-state index in [0.717, 1.165) is 22.1 Å². The smallest absolute Gasteiger partial charge is 0.271 e. The minimum atomic E-state index is -0.340. The van der Waals surface area contributed by atoms with Crippen molar-refractivity contribution in [3.63, 3.8) is 0 Å². The summed E-state index contributed by atoms with van der Waals surface area (Å²) < 4.78 is 25.4. The Kier molecular flexibility index (Phi) is 9.20. The highest BCUT2D eigenvalue weighted by Gasteiger charge is 2.10. The van der Waals surface area contributed by atoms with Crippen molar-refractivity contribution in [3.05, 3.63) is 124 Å². The first-order valence-electron chi connectivity index (χ1n) is 13.3. The normalized spacial score (nSPS) is 10.9. The van der Waals surface area contributed by atoms with E-state index in [4.69, 9.17) is 9.47 Å². The third-order valence-electron chi connectivity index (χ3n) is 6.24. The zero-order chi connectivity index (χ0) is 29.3. The lowest BCUT2D eigenvalue weighted by Gasteiger charge is -2.13. The molecule has 0 saturated heterocycles. The number of hydrogen-bond acceptors (Lipinski definition) is 7. The number of hydrogen-bond donors (Lipinski definition) is 2. The third-order valence-corrected chi connectivity index (χ3v) is 7.00. The Balaban J connectivity index is 1.17. The number of thiazole rings is 1. The van der Waals surface area contributed by atoms with E-state index in [9.17, 15) is 9.18 Å². The molecule has 1 amide bonds. The average Bonchev–Trinajstić information content (AvgIpc) is 3.47. The maximum absolute atomic E-state index is 13.9. The van der Waals surface area contributed by atoms with Crippen molar-refractivity contribution < 1.29 is 18.7 Å². The van der Waals surface area contributed by atoms with Crippen LogP contribution in [-0.4, -0.2) is 23.7 Å². The Morgan fingerprint density at radius 1 is 0.976 bits per heavy atom. The van der Waals surface area contributed by atoms with Gasteiger partial charge in [-0.2, -0.15) is 5.10 Å². The molecule has 0 aliphatic rings. The SMILES string of the molecule is CCOc1cc(/C=N\NC(=O)c2ccc(-c3csc(Nc4ccc(C)cc4)n3)cc2)ccc1OCc1ccccc1F. The lowest BCUT2D eigenvalue weighted by atomic mass is 10.1. The maximum atomic E-state index is 13.9. The van der Waals surface area contributed by atoms with Gasteiger partial charge >= 0.3 is 0 Å². The number of carbonyl (C=O) groups is 1. The van der Waals surface area contributed by atoms with Crippen LogP contribution in [0.4, 0.5) is 15.2 Å². The van der Waals surface area contributed by atoms with E-state index >= 15 is 0 Å². The maximum Gasteiger partial charge on any atom is 0.271 e. The van der Waals surface area contributed by atoms with Gasteiger partial charge in [-0.05, 0) is 67.9 Å². The number of nitrogens with one attached hydrogen (secondary N) is 2. The van der Waals surface area contributed by atoms with Crippen molar-refractivity contribution in [1.29, 1.82) is 0 Å². The van der Waals surface area contributed by atoms with E-state index in [0.29, 0.717) is 34.8 Å². The standard InChI is InChI=1S/C33H29FN4O3S/c1-3-40-31-18-23(10-17-30(31)41-20-26-6-4-5-7-28(26)34)19-35-38-32(39)25-13-11-24(12-14-25)29-21-42-33(37-29)36-27-15-8-22(2)9-16-27/h4-19,21H,3,20H2,1-2H3,(H,36,37)(H,38,39)/b35-19-. The number of aromatic nitrogens is 1. The van der Waals surface area contributed by atoms with Gasteiger partial charge in [0.25, 0.3) is 5.91 Å². The average molecular weight is 581 g/mol. The molecule has 42 heavy (non-hydrogen) atoms. The van der Waals surface area contributed by atoms with Gasteiger partial charge in [0.05, 0.1) is 18.5 Å². The first-order chi connectivity index (χ1) is 20.5. The van der Waals surface area contributed by atoms with Crippen LogP contribution in [0.15, 0.2) is 101 Å². The summed E-state index contributed by atoms with van der Waals surface area (Å²) in [6.07, 6.45) is 1.52. The zero-order valence-electron chi connectivity index (χ0n) is 23.1. The van der Waals surface area contributed by atoms with E-state index in [-0.39, 0.29) is 18.3 Å². The number of aryl methyl sites for hydroxylation is 1. The molecule has 0 aliphatic carbocycles. The van der Waals surface area contributed by atoms with Crippen LogP contribution in [0.5, 0.6) is 11.5 Å². The molecule has 5 rings (SSSR count). The van der Waals surface area contributed by atoms with Crippen LogP contribution < -0.4 is 20.2 Å². The number of benzene rings is 4. The monoisotopic (exact) mass is 580 g/mol. The summed E-state index contributed by atoms with van der Waals surface area (Å²) in [6.45, 7) is 4.41. The molecule has 0 unspecified atom stereocenters. The molecule has 0 bridgehead atoms. The molecule has 0 atom stereocenters. The molecule has 0 fully saturated rings. The molecule has 0 radical (unpaired) electrons. The van der Waals surface area contributed by atoms with Crippen molar-refractivity contribution in [3.8, 4) is 22.8 Å². The van der Waals surface area contributed by atoms with Crippen molar-refractivity contribution >= 4 is 34.3 Å². The minimum Gasteiger partial charge on any atom is -0.490 e.